The largest absolute Gasteiger partial charge is 0.480 e. The number of benzene rings is 1. The highest BCUT2D eigenvalue weighted by molar-refractivity contribution is 7.98. The van der Waals surface area contributed by atoms with Gasteiger partial charge in [-0.2, -0.15) is 11.8 Å². The van der Waals surface area contributed by atoms with Gasteiger partial charge in [-0.1, -0.05) is 29.8 Å². The predicted molar refractivity (Wildman–Crippen MR) is 77.4 cm³/mol. The molecule has 0 aliphatic carbocycles. The monoisotopic (exact) mass is 281 g/mol. The van der Waals surface area contributed by atoms with E-state index >= 15 is 0 Å². The third-order valence-electron chi connectivity index (χ3n) is 2.69. The van der Waals surface area contributed by atoms with Gasteiger partial charge in [0, 0.05) is 0 Å². The van der Waals surface area contributed by atoms with Crippen molar-refractivity contribution < 1.29 is 14.7 Å². The lowest BCUT2D eigenvalue weighted by Gasteiger charge is -2.14. The number of hydrogen-bond donors (Lipinski definition) is 2. The second-order valence-electron chi connectivity index (χ2n) is 4.41. The van der Waals surface area contributed by atoms with Crippen LogP contribution in [0.5, 0.6) is 0 Å². The predicted octanol–water partition coefficient (Wildman–Crippen LogP) is 1.86. The molecule has 1 rings (SSSR count). The third kappa shape index (κ3) is 5.79. The van der Waals surface area contributed by atoms with Crippen molar-refractivity contribution in [1.82, 2.24) is 5.32 Å². The van der Waals surface area contributed by atoms with Crippen LogP contribution in [0.1, 0.15) is 17.5 Å². The first kappa shape index (κ1) is 15.6. The number of amides is 1. The molecule has 2 N–H and O–H groups in total. The molecule has 0 unspecified atom stereocenters. The number of carboxylic acid groups (broad SMARTS) is 1. The Labute approximate surface area is 117 Å². The number of carbonyl (C=O) groups is 2. The smallest absolute Gasteiger partial charge is 0.326 e. The number of thioether (sulfide) groups is 1. The van der Waals surface area contributed by atoms with Crippen LogP contribution in [0.4, 0.5) is 0 Å². The highest BCUT2D eigenvalue weighted by Crippen LogP contribution is 2.06. The maximum absolute atomic E-state index is 11.8. The van der Waals surface area contributed by atoms with E-state index in [0.29, 0.717) is 12.2 Å². The Morgan fingerprint density at radius 1 is 1.42 bits per heavy atom. The van der Waals surface area contributed by atoms with E-state index in [9.17, 15) is 9.59 Å². The molecule has 0 bridgehead atoms. The summed E-state index contributed by atoms with van der Waals surface area (Å²) in [5.41, 5.74) is 1.98. The minimum Gasteiger partial charge on any atom is -0.480 e. The van der Waals surface area contributed by atoms with Gasteiger partial charge in [0.05, 0.1) is 6.42 Å². The van der Waals surface area contributed by atoms with Crippen molar-refractivity contribution in [2.75, 3.05) is 12.0 Å². The van der Waals surface area contributed by atoms with Gasteiger partial charge >= 0.3 is 5.97 Å². The van der Waals surface area contributed by atoms with Crippen molar-refractivity contribution in [2.24, 2.45) is 0 Å². The van der Waals surface area contributed by atoms with Crippen LogP contribution < -0.4 is 5.32 Å². The molecule has 1 amide bonds. The Morgan fingerprint density at radius 2 is 2.16 bits per heavy atom. The number of hydrogen-bond acceptors (Lipinski definition) is 3. The lowest BCUT2D eigenvalue weighted by atomic mass is 10.1. The van der Waals surface area contributed by atoms with E-state index in [1.54, 1.807) is 11.8 Å². The lowest BCUT2D eigenvalue weighted by molar-refractivity contribution is -0.141. The second kappa shape index (κ2) is 7.84. The number of carbonyl (C=O) groups excluding carboxylic acids is 1. The molecule has 1 atom stereocenters. The van der Waals surface area contributed by atoms with E-state index in [1.807, 2.05) is 37.4 Å². The molecule has 0 saturated heterocycles. The van der Waals surface area contributed by atoms with Crippen molar-refractivity contribution in [1.29, 1.82) is 0 Å². The van der Waals surface area contributed by atoms with E-state index in [-0.39, 0.29) is 12.3 Å². The molecular formula is C14H19NO3S. The molecule has 1 aromatic rings. The van der Waals surface area contributed by atoms with Gasteiger partial charge in [0.15, 0.2) is 0 Å². The molecule has 0 heterocycles. The summed E-state index contributed by atoms with van der Waals surface area (Å²) in [5.74, 6) is -0.521. The summed E-state index contributed by atoms with van der Waals surface area (Å²) < 4.78 is 0. The number of nitrogens with one attached hydrogen (secondary N) is 1. The molecule has 19 heavy (non-hydrogen) atoms. The number of rotatable bonds is 7. The molecule has 0 aliphatic rings. The van der Waals surface area contributed by atoms with Gasteiger partial charge in [-0.25, -0.2) is 4.79 Å². The molecule has 0 fully saturated rings. The summed E-state index contributed by atoms with van der Waals surface area (Å²) in [6.45, 7) is 1.96. The van der Waals surface area contributed by atoms with Crippen molar-refractivity contribution in [3.63, 3.8) is 0 Å². The SMILES string of the molecule is CSCC[C@H](NC(=O)Cc1cccc(C)c1)C(=O)O. The fraction of sp³-hybridized carbons (Fsp3) is 0.429. The maximum atomic E-state index is 11.8. The topological polar surface area (TPSA) is 66.4 Å². The fourth-order valence-electron chi connectivity index (χ4n) is 1.75. The summed E-state index contributed by atoms with van der Waals surface area (Å²) >= 11 is 1.57. The van der Waals surface area contributed by atoms with E-state index in [4.69, 9.17) is 5.11 Å². The molecule has 1 aromatic carbocycles. The Balaban J connectivity index is 2.55. The lowest BCUT2D eigenvalue weighted by Crippen LogP contribution is -2.41. The van der Waals surface area contributed by atoms with Crippen molar-refractivity contribution >= 4 is 23.6 Å². The molecule has 0 spiro atoms. The van der Waals surface area contributed by atoms with E-state index < -0.39 is 12.0 Å². The minimum atomic E-state index is -0.980. The van der Waals surface area contributed by atoms with Crippen LogP contribution in [-0.2, 0) is 16.0 Å². The van der Waals surface area contributed by atoms with Gasteiger partial charge in [-0.3, -0.25) is 4.79 Å². The van der Waals surface area contributed by atoms with Crippen LogP contribution in [0, 0.1) is 6.92 Å². The molecule has 104 valence electrons. The first-order valence-electron chi connectivity index (χ1n) is 6.09. The molecule has 0 radical (unpaired) electrons. The molecule has 0 saturated carbocycles. The van der Waals surface area contributed by atoms with Gasteiger partial charge in [0.25, 0.3) is 0 Å². The van der Waals surface area contributed by atoms with Crippen LogP contribution in [0.25, 0.3) is 0 Å². The van der Waals surface area contributed by atoms with E-state index in [2.05, 4.69) is 5.32 Å². The summed E-state index contributed by atoms with van der Waals surface area (Å²) in [6.07, 6.45) is 2.56. The molecule has 4 nitrogen and oxygen atoms in total. The van der Waals surface area contributed by atoms with Crippen molar-refractivity contribution in [3.8, 4) is 0 Å². The highest BCUT2D eigenvalue weighted by Gasteiger charge is 2.19. The summed E-state index contributed by atoms with van der Waals surface area (Å²) in [6, 6.07) is 6.84. The van der Waals surface area contributed by atoms with Gasteiger partial charge in [-0.05, 0) is 30.9 Å². The molecular weight excluding hydrogens is 262 g/mol. The van der Waals surface area contributed by atoms with Crippen molar-refractivity contribution in [3.05, 3.63) is 35.4 Å². The summed E-state index contributed by atoms with van der Waals surface area (Å²) in [5, 5.41) is 11.6. The average molecular weight is 281 g/mol. The molecule has 5 heteroatoms. The number of aliphatic carboxylic acids is 1. The first-order chi connectivity index (χ1) is 9.02. The Bertz CT molecular complexity index is 448. The third-order valence-corrected chi connectivity index (χ3v) is 3.34. The Hall–Kier alpha value is -1.49. The second-order valence-corrected chi connectivity index (χ2v) is 5.39. The number of carboxylic acids is 1. The van der Waals surface area contributed by atoms with Gasteiger partial charge in [-0.15, -0.1) is 0 Å². The summed E-state index contributed by atoms with van der Waals surface area (Å²) in [4.78, 5) is 22.8. The average Bonchev–Trinajstić information content (AvgIpc) is 2.34. The van der Waals surface area contributed by atoms with Gasteiger partial charge < -0.3 is 10.4 Å². The standard InChI is InChI=1S/C14H19NO3S/c1-10-4-3-5-11(8-10)9-13(16)15-12(14(17)18)6-7-19-2/h3-5,8,12H,6-7,9H2,1-2H3,(H,15,16)(H,17,18)/t12-/m0/s1. The zero-order valence-electron chi connectivity index (χ0n) is 11.2. The van der Waals surface area contributed by atoms with Crippen LogP contribution in [-0.4, -0.2) is 35.0 Å². The normalized spacial score (nSPS) is 11.9. The first-order valence-corrected chi connectivity index (χ1v) is 7.49. The van der Waals surface area contributed by atoms with Gasteiger partial charge in [0.2, 0.25) is 5.91 Å². The number of aryl methyl sites for hydroxylation is 1. The zero-order chi connectivity index (χ0) is 14.3. The zero-order valence-corrected chi connectivity index (χ0v) is 12.0. The van der Waals surface area contributed by atoms with Crippen LogP contribution in [0.3, 0.4) is 0 Å². The van der Waals surface area contributed by atoms with Crippen LogP contribution in [0.2, 0.25) is 0 Å². The maximum Gasteiger partial charge on any atom is 0.326 e. The van der Waals surface area contributed by atoms with Crippen LogP contribution >= 0.6 is 11.8 Å². The van der Waals surface area contributed by atoms with Crippen molar-refractivity contribution in [2.45, 2.75) is 25.8 Å². The fourth-order valence-corrected chi connectivity index (χ4v) is 2.22. The van der Waals surface area contributed by atoms with E-state index in [1.165, 1.54) is 0 Å². The van der Waals surface area contributed by atoms with Crippen LogP contribution in [0.15, 0.2) is 24.3 Å². The quantitative estimate of drug-likeness (QED) is 0.800. The minimum absolute atomic E-state index is 0.213. The van der Waals surface area contributed by atoms with Gasteiger partial charge in [0.1, 0.15) is 6.04 Å². The Kier molecular flexibility index (Phi) is 6.42. The summed E-state index contributed by atoms with van der Waals surface area (Å²) in [7, 11) is 0. The molecule has 0 aliphatic heterocycles. The van der Waals surface area contributed by atoms with E-state index in [0.717, 1.165) is 11.1 Å². The molecule has 0 aromatic heterocycles. The Morgan fingerprint density at radius 3 is 2.74 bits per heavy atom. The highest BCUT2D eigenvalue weighted by atomic mass is 32.2.